The van der Waals surface area contributed by atoms with Crippen molar-refractivity contribution in [2.24, 2.45) is 5.92 Å². The maximum atomic E-state index is 13.2. The van der Waals surface area contributed by atoms with Gasteiger partial charge in [0.1, 0.15) is 0 Å². The third kappa shape index (κ3) is 6.43. The highest BCUT2D eigenvalue weighted by Gasteiger charge is 2.29. The molecular formula is C24H36N4O4S. The Labute approximate surface area is 196 Å². The molecule has 0 saturated carbocycles. The molecule has 1 amide bonds. The van der Waals surface area contributed by atoms with Gasteiger partial charge < -0.3 is 15.2 Å². The van der Waals surface area contributed by atoms with Gasteiger partial charge in [0, 0.05) is 36.6 Å². The number of aromatic nitrogens is 1. The van der Waals surface area contributed by atoms with Gasteiger partial charge in [-0.05, 0) is 69.9 Å². The van der Waals surface area contributed by atoms with Gasteiger partial charge in [0.15, 0.2) is 0 Å². The second kappa shape index (κ2) is 11.3. The third-order valence-corrected chi connectivity index (χ3v) is 8.07. The Morgan fingerprint density at radius 2 is 2.00 bits per heavy atom. The van der Waals surface area contributed by atoms with Crippen LogP contribution in [0.3, 0.4) is 0 Å². The van der Waals surface area contributed by atoms with Crippen molar-refractivity contribution in [2.75, 3.05) is 39.8 Å². The molecule has 33 heavy (non-hydrogen) atoms. The fraction of sp³-hybridized carbons (Fsp3) is 0.583. The van der Waals surface area contributed by atoms with Gasteiger partial charge in [0.05, 0.1) is 10.5 Å². The molecule has 0 spiro atoms. The number of unbranched alkanes of at least 4 members (excludes halogenated alkanes) is 1. The van der Waals surface area contributed by atoms with Crippen LogP contribution in [0.4, 0.5) is 0 Å². The highest BCUT2D eigenvalue weighted by atomic mass is 32.2. The first-order valence-electron chi connectivity index (χ1n) is 11.9. The molecule has 0 radical (unpaired) electrons. The molecule has 0 bridgehead atoms. The summed E-state index contributed by atoms with van der Waals surface area (Å²) < 4.78 is 28.0. The molecule has 182 valence electrons. The molecule has 1 aromatic carbocycles. The number of nitrogens with zero attached hydrogens (tertiary/aromatic N) is 2. The van der Waals surface area contributed by atoms with Crippen LogP contribution in [0, 0.1) is 5.92 Å². The van der Waals surface area contributed by atoms with Gasteiger partial charge in [0.25, 0.3) is 5.91 Å². The molecule has 2 heterocycles. The van der Waals surface area contributed by atoms with Crippen LogP contribution in [-0.4, -0.2) is 68.3 Å². The largest absolute Gasteiger partial charge is 0.352 e. The standard InChI is InChI=1S/C24H36N4O4S/c1-4-5-12-27(3)13-7-11-25-24(30)21-16-23(29)26-22-10-9-19(15-20(21)22)33(31,32)28-14-6-8-18(2)17-28/h9-10,15-16,18H,4-8,11-14,17H2,1-3H3,(H,25,30)(H,26,29)/t18-/m0/s1. The van der Waals surface area contributed by atoms with Crippen molar-refractivity contribution in [1.29, 1.82) is 0 Å². The Hall–Kier alpha value is -2.23. The summed E-state index contributed by atoms with van der Waals surface area (Å²) in [5.41, 5.74) is 0.238. The number of nitrogens with one attached hydrogen (secondary N) is 2. The lowest BCUT2D eigenvalue weighted by Crippen LogP contribution is -2.39. The van der Waals surface area contributed by atoms with E-state index in [1.54, 1.807) is 6.07 Å². The van der Waals surface area contributed by atoms with Gasteiger partial charge in [-0.25, -0.2) is 8.42 Å². The molecular weight excluding hydrogens is 440 g/mol. The zero-order chi connectivity index (χ0) is 24.0. The molecule has 9 heteroatoms. The molecule has 8 nitrogen and oxygen atoms in total. The Bertz CT molecular complexity index is 1130. The van der Waals surface area contributed by atoms with Crippen molar-refractivity contribution in [3.8, 4) is 0 Å². The van der Waals surface area contributed by atoms with Gasteiger partial charge in [-0.2, -0.15) is 4.31 Å². The van der Waals surface area contributed by atoms with E-state index < -0.39 is 15.6 Å². The molecule has 2 aromatic rings. The monoisotopic (exact) mass is 476 g/mol. The zero-order valence-electron chi connectivity index (χ0n) is 19.9. The number of hydrogen-bond donors (Lipinski definition) is 2. The van der Waals surface area contributed by atoms with Gasteiger partial charge in [-0.15, -0.1) is 0 Å². The van der Waals surface area contributed by atoms with Gasteiger partial charge in [-0.1, -0.05) is 20.3 Å². The first kappa shape index (κ1) is 25.4. The number of H-pyrrole nitrogens is 1. The molecule has 2 N–H and O–H groups in total. The van der Waals surface area contributed by atoms with Crippen LogP contribution in [0.5, 0.6) is 0 Å². The summed E-state index contributed by atoms with van der Waals surface area (Å²) in [6.45, 7) is 7.57. The highest BCUT2D eigenvalue weighted by molar-refractivity contribution is 7.89. The second-order valence-electron chi connectivity index (χ2n) is 9.13. The van der Waals surface area contributed by atoms with Crippen molar-refractivity contribution in [2.45, 2.75) is 50.8 Å². The van der Waals surface area contributed by atoms with E-state index in [-0.39, 0.29) is 16.4 Å². The molecule has 1 atom stereocenters. The Morgan fingerprint density at radius 3 is 2.73 bits per heavy atom. The van der Waals surface area contributed by atoms with Crippen LogP contribution >= 0.6 is 0 Å². The molecule has 1 saturated heterocycles. The van der Waals surface area contributed by atoms with Crippen molar-refractivity contribution in [1.82, 2.24) is 19.5 Å². The minimum absolute atomic E-state index is 0.141. The molecule has 0 unspecified atom stereocenters. The lowest BCUT2D eigenvalue weighted by atomic mass is 10.0. The number of piperidine rings is 1. The molecule has 3 rings (SSSR count). The number of aromatic amines is 1. The number of fused-ring (bicyclic) bond motifs is 1. The summed E-state index contributed by atoms with van der Waals surface area (Å²) in [6.07, 6.45) is 4.93. The maximum Gasteiger partial charge on any atom is 0.252 e. The molecule has 1 aromatic heterocycles. The van der Waals surface area contributed by atoms with E-state index >= 15 is 0 Å². The van der Waals surface area contributed by atoms with E-state index in [0.29, 0.717) is 36.5 Å². The van der Waals surface area contributed by atoms with E-state index in [1.807, 2.05) is 0 Å². The van der Waals surface area contributed by atoms with E-state index in [2.05, 4.69) is 36.1 Å². The first-order chi connectivity index (χ1) is 15.7. The Morgan fingerprint density at radius 1 is 1.24 bits per heavy atom. The van der Waals surface area contributed by atoms with Crippen molar-refractivity contribution >= 4 is 26.8 Å². The first-order valence-corrected chi connectivity index (χ1v) is 13.3. The summed E-state index contributed by atoms with van der Waals surface area (Å²) in [4.78, 5) is 30.1. The molecule has 1 aliphatic heterocycles. The van der Waals surface area contributed by atoms with Gasteiger partial charge >= 0.3 is 0 Å². The van der Waals surface area contributed by atoms with E-state index in [0.717, 1.165) is 45.2 Å². The number of carbonyl (C=O) groups excluding carboxylic acids is 1. The SMILES string of the molecule is CCCCN(C)CCCNC(=O)c1cc(=O)[nH]c2ccc(S(=O)(=O)N3CCC[C@H](C)C3)cc12. The number of rotatable bonds is 10. The number of hydrogen-bond acceptors (Lipinski definition) is 5. The number of sulfonamides is 1. The van der Waals surface area contributed by atoms with Gasteiger partial charge in [0.2, 0.25) is 15.6 Å². The van der Waals surface area contributed by atoms with Crippen LogP contribution in [0.25, 0.3) is 10.9 Å². The van der Waals surface area contributed by atoms with Crippen molar-refractivity contribution in [3.05, 3.63) is 40.2 Å². The van der Waals surface area contributed by atoms with Crippen LogP contribution in [0.15, 0.2) is 34.0 Å². The summed E-state index contributed by atoms with van der Waals surface area (Å²) >= 11 is 0. The number of carbonyl (C=O) groups is 1. The lowest BCUT2D eigenvalue weighted by Gasteiger charge is -2.30. The minimum Gasteiger partial charge on any atom is -0.352 e. The number of amides is 1. The van der Waals surface area contributed by atoms with Crippen LogP contribution in [0.1, 0.15) is 56.3 Å². The number of pyridine rings is 1. The average molecular weight is 477 g/mol. The van der Waals surface area contributed by atoms with Crippen molar-refractivity contribution in [3.63, 3.8) is 0 Å². The van der Waals surface area contributed by atoms with Gasteiger partial charge in [-0.3, -0.25) is 9.59 Å². The maximum absolute atomic E-state index is 13.2. The Balaban J connectivity index is 1.79. The fourth-order valence-electron chi connectivity index (χ4n) is 4.28. The zero-order valence-corrected chi connectivity index (χ0v) is 20.7. The number of benzene rings is 1. The van der Waals surface area contributed by atoms with E-state index in [1.165, 1.54) is 22.5 Å². The summed E-state index contributed by atoms with van der Waals surface area (Å²) in [5.74, 6) is -0.0591. The van der Waals surface area contributed by atoms with Crippen LogP contribution in [-0.2, 0) is 10.0 Å². The second-order valence-corrected chi connectivity index (χ2v) is 11.1. The summed E-state index contributed by atoms with van der Waals surface area (Å²) in [7, 11) is -1.61. The van der Waals surface area contributed by atoms with E-state index in [9.17, 15) is 18.0 Å². The predicted molar refractivity (Wildman–Crippen MR) is 131 cm³/mol. The normalized spacial score (nSPS) is 17.5. The third-order valence-electron chi connectivity index (χ3n) is 6.21. The minimum atomic E-state index is -3.67. The molecule has 1 aliphatic rings. The van der Waals surface area contributed by atoms with E-state index in [4.69, 9.17) is 0 Å². The lowest BCUT2D eigenvalue weighted by molar-refractivity contribution is 0.0953. The molecule has 0 aliphatic carbocycles. The molecule has 1 fully saturated rings. The fourth-order valence-corrected chi connectivity index (χ4v) is 5.91. The average Bonchev–Trinajstić information content (AvgIpc) is 2.79. The summed E-state index contributed by atoms with van der Waals surface area (Å²) in [5, 5.41) is 3.31. The van der Waals surface area contributed by atoms with Crippen LogP contribution < -0.4 is 10.9 Å². The summed E-state index contributed by atoms with van der Waals surface area (Å²) in [6, 6.07) is 5.81. The smallest absolute Gasteiger partial charge is 0.252 e. The Kier molecular flexibility index (Phi) is 8.67. The van der Waals surface area contributed by atoms with Crippen LogP contribution in [0.2, 0.25) is 0 Å². The highest BCUT2D eigenvalue weighted by Crippen LogP contribution is 2.26. The van der Waals surface area contributed by atoms with Crippen molar-refractivity contribution < 1.29 is 13.2 Å². The topological polar surface area (TPSA) is 103 Å². The predicted octanol–water partition coefficient (Wildman–Crippen LogP) is 2.80. The quantitative estimate of drug-likeness (QED) is 0.514.